The van der Waals surface area contributed by atoms with Gasteiger partial charge in [0.25, 0.3) is 10.0 Å². The van der Waals surface area contributed by atoms with E-state index >= 15 is 0 Å². The number of rotatable bonds is 5. The zero-order chi connectivity index (χ0) is 16.3. The average Bonchev–Trinajstić information content (AvgIpc) is 2.47. The Bertz CT molecular complexity index is 827. The van der Waals surface area contributed by atoms with Gasteiger partial charge in [-0.15, -0.1) is 0 Å². The van der Waals surface area contributed by atoms with Crippen LogP contribution in [-0.4, -0.2) is 20.4 Å². The second-order valence-corrected chi connectivity index (χ2v) is 5.97. The molecule has 0 aliphatic rings. The number of carboxylic acids is 2. The van der Waals surface area contributed by atoms with E-state index < -0.39 is 22.0 Å². The standard InChI is InChI=1S/C14H11NO6S/c16-13(17)9-4-6-11(7-5-9)15-22(20,21)12-3-1-2-10(8-12)14(18)19/h1-8,15H,(H,16,17)(H,18,19)/p-2. The number of sulfonamides is 1. The Morgan fingerprint density at radius 1 is 0.864 bits per heavy atom. The summed E-state index contributed by atoms with van der Waals surface area (Å²) in [5.41, 5.74) is -0.235. The maximum absolute atomic E-state index is 12.1. The number of carbonyl (C=O) groups is 2. The number of anilines is 1. The van der Waals surface area contributed by atoms with Gasteiger partial charge in [-0.05, 0) is 35.4 Å². The molecule has 0 aromatic heterocycles. The largest absolute Gasteiger partial charge is 0.545 e. The van der Waals surface area contributed by atoms with Gasteiger partial charge in [0.1, 0.15) is 0 Å². The molecular formula is C14H9NO6S-2. The van der Waals surface area contributed by atoms with E-state index in [-0.39, 0.29) is 21.7 Å². The molecule has 0 amide bonds. The lowest BCUT2D eigenvalue weighted by Gasteiger charge is -2.10. The van der Waals surface area contributed by atoms with Crippen LogP contribution in [0.4, 0.5) is 5.69 Å². The molecule has 0 spiro atoms. The summed E-state index contributed by atoms with van der Waals surface area (Å²) in [6.07, 6.45) is 0. The first kappa shape index (κ1) is 15.5. The SMILES string of the molecule is O=C([O-])c1ccc(NS(=O)(=O)c2cccc(C(=O)[O-])c2)cc1. The quantitative estimate of drug-likeness (QED) is 0.770. The van der Waals surface area contributed by atoms with Gasteiger partial charge in [0.05, 0.1) is 16.8 Å². The third-order valence-electron chi connectivity index (χ3n) is 2.75. The molecular weight excluding hydrogens is 310 g/mol. The van der Waals surface area contributed by atoms with Crippen molar-refractivity contribution in [2.75, 3.05) is 4.72 Å². The Hall–Kier alpha value is -2.87. The maximum Gasteiger partial charge on any atom is 0.261 e. The second-order valence-electron chi connectivity index (χ2n) is 4.29. The van der Waals surface area contributed by atoms with E-state index in [2.05, 4.69) is 4.72 Å². The molecule has 0 aliphatic heterocycles. The minimum absolute atomic E-state index is 0.0955. The van der Waals surface area contributed by atoms with E-state index in [4.69, 9.17) is 0 Å². The first-order valence-electron chi connectivity index (χ1n) is 5.95. The Kier molecular flexibility index (Phi) is 4.13. The van der Waals surface area contributed by atoms with E-state index in [1.807, 2.05) is 0 Å². The third-order valence-corrected chi connectivity index (χ3v) is 4.13. The summed E-state index contributed by atoms with van der Waals surface area (Å²) >= 11 is 0. The van der Waals surface area contributed by atoms with Crippen LogP contribution >= 0.6 is 0 Å². The van der Waals surface area contributed by atoms with Gasteiger partial charge in [-0.2, -0.15) is 0 Å². The zero-order valence-corrected chi connectivity index (χ0v) is 11.8. The number of aromatic carboxylic acids is 2. The fraction of sp³-hybridized carbons (Fsp3) is 0. The lowest BCUT2D eigenvalue weighted by atomic mass is 10.2. The number of nitrogens with one attached hydrogen (secondary N) is 1. The van der Waals surface area contributed by atoms with Crippen LogP contribution in [0.2, 0.25) is 0 Å². The molecule has 0 radical (unpaired) electrons. The van der Waals surface area contributed by atoms with Crippen molar-refractivity contribution in [1.82, 2.24) is 0 Å². The van der Waals surface area contributed by atoms with Crippen LogP contribution < -0.4 is 14.9 Å². The highest BCUT2D eigenvalue weighted by molar-refractivity contribution is 7.92. The van der Waals surface area contributed by atoms with E-state index in [1.54, 1.807) is 0 Å². The molecule has 0 fully saturated rings. The van der Waals surface area contributed by atoms with Gasteiger partial charge in [-0.25, -0.2) is 8.42 Å². The molecule has 0 bridgehead atoms. The fourth-order valence-corrected chi connectivity index (χ4v) is 2.78. The van der Waals surface area contributed by atoms with Crippen LogP contribution in [0, 0.1) is 0 Å². The summed E-state index contributed by atoms with van der Waals surface area (Å²) < 4.78 is 26.5. The van der Waals surface area contributed by atoms with Crippen molar-refractivity contribution in [3.8, 4) is 0 Å². The van der Waals surface area contributed by atoms with Crippen molar-refractivity contribution in [1.29, 1.82) is 0 Å². The first-order chi connectivity index (χ1) is 10.3. The molecule has 2 aromatic rings. The van der Waals surface area contributed by atoms with E-state index in [1.165, 1.54) is 42.5 Å². The van der Waals surface area contributed by atoms with E-state index in [0.29, 0.717) is 0 Å². The van der Waals surface area contributed by atoms with Crippen molar-refractivity contribution in [2.24, 2.45) is 0 Å². The predicted molar refractivity (Wildman–Crippen MR) is 72.4 cm³/mol. The van der Waals surface area contributed by atoms with Crippen LogP contribution in [0.15, 0.2) is 53.4 Å². The molecule has 0 saturated heterocycles. The summed E-state index contributed by atoms with van der Waals surface area (Å²) in [4.78, 5) is 21.1. The number of hydrogen-bond acceptors (Lipinski definition) is 6. The van der Waals surface area contributed by atoms with Crippen LogP contribution in [0.25, 0.3) is 0 Å². The highest BCUT2D eigenvalue weighted by atomic mass is 32.2. The molecule has 22 heavy (non-hydrogen) atoms. The lowest BCUT2D eigenvalue weighted by molar-refractivity contribution is -0.256. The molecule has 8 heteroatoms. The summed E-state index contributed by atoms with van der Waals surface area (Å²) in [6.45, 7) is 0. The number of hydrogen-bond donors (Lipinski definition) is 1. The average molecular weight is 319 g/mol. The van der Waals surface area contributed by atoms with Gasteiger partial charge in [-0.1, -0.05) is 24.3 Å². The minimum atomic E-state index is -4.01. The molecule has 0 unspecified atom stereocenters. The summed E-state index contributed by atoms with van der Waals surface area (Å²) in [5.74, 6) is -2.87. The Labute approximate surface area is 125 Å². The summed E-state index contributed by atoms with van der Waals surface area (Å²) in [7, 11) is -4.01. The lowest BCUT2D eigenvalue weighted by Crippen LogP contribution is -2.23. The van der Waals surface area contributed by atoms with Crippen LogP contribution in [0.5, 0.6) is 0 Å². The monoisotopic (exact) mass is 319 g/mol. The second kappa shape index (κ2) is 5.86. The minimum Gasteiger partial charge on any atom is -0.545 e. The number of benzene rings is 2. The molecule has 2 aromatic carbocycles. The Morgan fingerprint density at radius 2 is 1.45 bits per heavy atom. The van der Waals surface area contributed by atoms with Gasteiger partial charge >= 0.3 is 0 Å². The van der Waals surface area contributed by atoms with Gasteiger partial charge in [0.15, 0.2) is 0 Å². The van der Waals surface area contributed by atoms with Crippen LogP contribution in [0.1, 0.15) is 20.7 Å². The van der Waals surface area contributed by atoms with Crippen LogP contribution in [0.3, 0.4) is 0 Å². The third kappa shape index (κ3) is 3.41. The summed E-state index contributed by atoms with van der Waals surface area (Å²) in [6, 6.07) is 9.56. The normalized spacial score (nSPS) is 10.9. The predicted octanol–water partition coefficient (Wildman–Crippen LogP) is -0.786. The highest BCUT2D eigenvalue weighted by Gasteiger charge is 2.14. The van der Waals surface area contributed by atoms with Crippen molar-refractivity contribution >= 4 is 27.6 Å². The molecule has 0 heterocycles. The van der Waals surface area contributed by atoms with E-state index in [0.717, 1.165) is 6.07 Å². The smallest absolute Gasteiger partial charge is 0.261 e. The van der Waals surface area contributed by atoms with Crippen LogP contribution in [-0.2, 0) is 10.0 Å². The fourth-order valence-electron chi connectivity index (χ4n) is 1.68. The van der Waals surface area contributed by atoms with E-state index in [9.17, 15) is 28.2 Å². The van der Waals surface area contributed by atoms with Gasteiger partial charge in [-0.3, -0.25) is 4.72 Å². The molecule has 0 saturated carbocycles. The number of carboxylic acid groups (broad SMARTS) is 2. The topological polar surface area (TPSA) is 126 Å². The molecule has 2 rings (SSSR count). The summed E-state index contributed by atoms with van der Waals surface area (Å²) in [5, 5.41) is 21.4. The maximum atomic E-state index is 12.1. The zero-order valence-electron chi connectivity index (χ0n) is 11.0. The Balaban J connectivity index is 2.29. The number of carbonyl (C=O) groups excluding carboxylic acids is 2. The Morgan fingerprint density at radius 3 is 2.00 bits per heavy atom. The van der Waals surface area contributed by atoms with Crippen molar-refractivity contribution in [2.45, 2.75) is 4.90 Å². The first-order valence-corrected chi connectivity index (χ1v) is 7.43. The van der Waals surface area contributed by atoms with Crippen molar-refractivity contribution in [3.05, 3.63) is 59.7 Å². The molecule has 114 valence electrons. The molecule has 0 aliphatic carbocycles. The molecule has 7 nitrogen and oxygen atoms in total. The van der Waals surface area contributed by atoms with Crippen molar-refractivity contribution < 1.29 is 28.2 Å². The van der Waals surface area contributed by atoms with Gasteiger partial charge in [0, 0.05) is 5.69 Å². The highest BCUT2D eigenvalue weighted by Crippen LogP contribution is 2.17. The molecule has 0 atom stereocenters. The molecule has 1 N–H and O–H groups in total. The van der Waals surface area contributed by atoms with Gasteiger partial charge < -0.3 is 19.8 Å². The van der Waals surface area contributed by atoms with Crippen molar-refractivity contribution in [3.63, 3.8) is 0 Å². The van der Waals surface area contributed by atoms with Gasteiger partial charge in [0.2, 0.25) is 0 Å².